The average molecular weight is 382 g/mol. The van der Waals surface area contributed by atoms with Gasteiger partial charge in [0.1, 0.15) is 22.9 Å². The number of aliphatic hydroxyl groups excluding tert-OH is 1. The number of carbonyl (C=O) groups excluding carboxylic acids is 3. The van der Waals surface area contributed by atoms with E-state index in [9.17, 15) is 23.9 Å². The van der Waals surface area contributed by atoms with Gasteiger partial charge in [-0.1, -0.05) is 11.6 Å². The highest BCUT2D eigenvalue weighted by atomic mass is 35.5. The highest BCUT2D eigenvalue weighted by Gasteiger charge is 2.50. The first-order valence-corrected chi connectivity index (χ1v) is 8.49. The fourth-order valence-corrected chi connectivity index (χ4v) is 3.63. The molecule has 138 valence electrons. The van der Waals surface area contributed by atoms with Crippen molar-refractivity contribution in [1.82, 2.24) is 5.32 Å². The summed E-state index contributed by atoms with van der Waals surface area (Å²) in [6, 6.07) is 2.35. The second-order valence-electron chi connectivity index (χ2n) is 6.44. The lowest BCUT2D eigenvalue weighted by Crippen LogP contribution is -2.48. The van der Waals surface area contributed by atoms with Gasteiger partial charge in [-0.2, -0.15) is 0 Å². The fourth-order valence-electron chi connectivity index (χ4n) is 3.46. The number of hydrogen-bond donors (Lipinski definition) is 2. The molecule has 2 aliphatic rings. The number of aliphatic hydroxyl groups is 1. The Balaban J connectivity index is 2.18. The lowest BCUT2D eigenvalue weighted by atomic mass is 9.64. The largest absolute Gasteiger partial charge is 0.506 e. The summed E-state index contributed by atoms with van der Waals surface area (Å²) in [7, 11) is 0. The lowest BCUT2D eigenvalue weighted by Gasteiger charge is -2.40. The van der Waals surface area contributed by atoms with Gasteiger partial charge in [-0.25, -0.2) is 4.39 Å². The molecule has 1 fully saturated rings. The van der Waals surface area contributed by atoms with Crippen molar-refractivity contribution in [2.24, 2.45) is 0 Å². The number of carbonyl (C=O) groups is 3. The van der Waals surface area contributed by atoms with Gasteiger partial charge in [0, 0.05) is 18.8 Å². The highest BCUT2D eigenvalue weighted by molar-refractivity contribution is 6.32. The summed E-state index contributed by atoms with van der Waals surface area (Å²) in [5, 5.41) is 12.7. The van der Waals surface area contributed by atoms with Crippen LogP contribution in [0.4, 0.5) is 4.39 Å². The van der Waals surface area contributed by atoms with Gasteiger partial charge in [0.2, 0.25) is 0 Å². The maximum Gasteiger partial charge on any atom is 0.259 e. The van der Waals surface area contributed by atoms with Crippen molar-refractivity contribution in [2.45, 2.75) is 25.2 Å². The Morgan fingerprint density at radius 2 is 2.00 bits per heavy atom. The number of hydrogen-bond acceptors (Lipinski definition) is 5. The molecule has 1 amide bonds. The van der Waals surface area contributed by atoms with Crippen molar-refractivity contribution in [3.63, 3.8) is 0 Å². The van der Waals surface area contributed by atoms with Gasteiger partial charge >= 0.3 is 0 Å². The van der Waals surface area contributed by atoms with Crippen LogP contribution in [0.15, 0.2) is 17.7 Å². The maximum absolute atomic E-state index is 14.0. The van der Waals surface area contributed by atoms with Crippen LogP contribution >= 0.6 is 11.6 Å². The van der Waals surface area contributed by atoms with E-state index in [2.05, 4.69) is 5.32 Å². The first-order chi connectivity index (χ1) is 12.3. The Hall–Kier alpha value is -2.25. The standard InChI is InChI=1S/C18H17ClFNO5/c1-9(22)8-21-17(25)14-15(23)10-6-13(20)12(19)7-11(10)18(16(14)24)2-4-26-5-3-18/h6-7,23H,2-5,8H2,1H3,(H,21,25). The second-order valence-corrected chi connectivity index (χ2v) is 6.85. The Morgan fingerprint density at radius 1 is 1.35 bits per heavy atom. The summed E-state index contributed by atoms with van der Waals surface area (Å²) in [6.45, 7) is 1.57. The van der Waals surface area contributed by atoms with Crippen LogP contribution < -0.4 is 5.32 Å². The first kappa shape index (κ1) is 18.5. The average Bonchev–Trinajstić information content (AvgIpc) is 2.61. The van der Waals surface area contributed by atoms with Crippen LogP contribution in [-0.2, 0) is 24.5 Å². The normalized spacial score (nSPS) is 18.7. The number of ether oxygens (including phenoxy) is 1. The van der Waals surface area contributed by atoms with Crippen LogP contribution in [0, 0.1) is 5.82 Å². The third-order valence-corrected chi connectivity index (χ3v) is 5.09. The number of fused-ring (bicyclic) bond motifs is 2. The van der Waals surface area contributed by atoms with E-state index < -0.39 is 34.3 Å². The zero-order valence-electron chi connectivity index (χ0n) is 14.0. The van der Waals surface area contributed by atoms with Crippen molar-refractivity contribution in [2.75, 3.05) is 19.8 Å². The Morgan fingerprint density at radius 3 is 2.62 bits per heavy atom. The van der Waals surface area contributed by atoms with Gasteiger partial charge in [0.15, 0.2) is 5.78 Å². The van der Waals surface area contributed by atoms with Crippen molar-refractivity contribution in [1.29, 1.82) is 0 Å². The van der Waals surface area contributed by atoms with E-state index in [1.165, 1.54) is 13.0 Å². The number of ketones is 2. The third-order valence-electron chi connectivity index (χ3n) is 4.80. The van der Waals surface area contributed by atoms with Gasteiger partial charge in [-0.15, -0.1) is 0 Å². The predicted octanol–water partition coefficient (Wildman–Crippen LogP) is 2.08. The molecule has 0 radical (unpaired) electrons. The molecule has 1 aliphatic heterocycles. The molecule has 0 aromatic heterocycles. The van der Waals surface area contributed by atoms with Crippen LogP contribution in [0.25, 0.3) is 5.76 Å². The molecule has 1 aromatic rings. The van der Waals surface area contributed by atoms with Gasteiger partial charge in [-0.05, 0) is 37.5 Å². The SMILES string of the molecule is CC(=O)CNC(=O)C1=C(O)c2cc(F)c(Cl)cc2C2(CCOCC2)C1=O. The number of nitrogens with one attached hydrogen (secondary N) is 1. The molecular weight excluding hydrogens is 365 g/mol. The Labute approximate surface area is 154 Å². The number of benzene rings is 1. The van der Waals surface area contributed by atoms with E-state index in [4.69, 9.17) is 16.3 Å². The monoisotopic (exact) mass is 381 g/mol. The summed E-state index contributed by atoms with van der Waals surface area (Å²) >= 11 is 5.89. The molecule has 1 heterocycles. The predicted molar refractivity (Wildman–Crippen MR) is 91.4 cm³/mol. The molecule has 1 aromatic carbocycles. The summed E-state index contributed by atoms with van der Waals surface area (Å²) < 4.78 is 19.3. The fraction of sp³-hybridized carbons (Fsp3) is 0.389. The summed E-state index contributed by atoms with van der Waals surface area (Å²) in [5.41, 5.74) is -1.15. The minimum atomic E-state index is -1.12. The summed E-state index contributed by atoms with van der Waals surface area (Å²) in [5.74, 6) is -3.12. The third kappa shape index (κ3) is 2.91. The molecule has 1 saturated heterocycles. The minimum Gasteiger partial charge on any atom is -0.506 e. The van der Waals surface area contributed by atoms with Crippen LogP contribution in [0.2, 0.25) is 5.02 Å². The van der Waals surface area contributed by atoms with Gasteiger partial charge < -0.3 is 15.2 Å². The number of Topliss-reactive ketones (excluding diaryl/α,β-unsaturated/α-hetero) is 2. The summed E-state index contributed by atoms with van der Waals surface area (Å²) in [6.07, 6.45) is 0.551. The number of rotatable bonds is 3. The van der Waals surface area contributed by atoms with Crippen LogP contribution in [0.3, 0.4) is 0 Å². The minimum absolute atomic E-state index is 0.0568. The van der Waals surface area contributed by atoms with E-state index in [1.807, 2.05) is 0 Å². The molecule has 0 unspecified atom stereocenters. The molecule has 1 aliphatic carbocycles. The molecular formula is C18H17ClFNO5. The van der Waals surface area contributed by atoms with E-state index >= 15 is 0 Å². The molecule has 1 spiro atoms. The zero-order chi connectivity index (χ0) is 19.1. The summed E-state index contributed by atoms with van der Waals surface area (Å²) in [4.78, 5) is 36.8. The molecule has 8 heteroatoms. The highest BCUT2D eigenvalue weighted by Crippen LogP contribution is 2.46. The van der Waals surface area contributed by atoms with Crippen molar-refractivity contribution in [3.05, 3.63) is 39.7 Å². The number of amides is 1. The Kier molecular flexibility index (Phi) is 4.86. The van der Waals surface area contributed by atoms with E-state index in [1.54, 1.807) is 0 Å². The quantitative estimate of drug-likeness (QED) is 0.782. The maximum atomic E-state index is 14.0. The van der Waals surface area contributed by atoms with Crippen LogP contribution in [0.5, 0.6) is 0 Å². The number of halogens is 2. The molecule has 0 atom stereocenters. The van der Waals surface area contributed by atoms with E-state index in [-0.39, 0.29) is 49.0 Å². The second kappa shape index (κ2) is 6.81. The first-order valence-electron chi connectivity index (χ1n) is 8.11. The Bertz CT molecular complexity index is 842. The van der Waals surface area contributed by atoms with Crippen molar-refractivity contribution in [3.8, 4) is 0 Å². The lowest BCUT2D eigenvalue weighted by molar-refractivity contribution is -0.129. The van der Waals surface area contributed by atoms with Crippen molar-refractivity contribution < 1.29 is 28.6 Å². The van der Waals surface area contributed by atoms with Gasteiger partial charge in [0.05, 0.1) is 17.0 Å². The molecule has 26 heavy (non-hydrogen) atoms. The topological polar surface area (TPSA) is 92.7 Å². The van der Waals surface area contributed by atoms with Crippen LogP contribution in [-0.4, -0.2) is 42.3 Å². The molecule has 6 nitrogen and oxygen atoms in total. The zero-order valence-corrected chi connectivity index (χ0v) is 14.8. The molecule has 0 bridgehead atoms. The van der Waals surface area contributed by atoms with Crippen LogP contribution in [0.1, 0.15) is 30.9 Å². The van der Waals surface area contributed by atoms with E-state index in [0.717, 1.165) is 6.07 Å². The smallest absolute Gasteiger partial charge is 0.259 e. The molecule has 2 N–H and O–H groups in total. The van der Waals surface area contributed by atoms with Crippen molar-refractivity contribution >= 4 is 34.8 Å². The molecule has 3 rings (SSSR count). The van der Waals surface area contributed by atoms with E-state index in [0.29, 0.717) is 5.56 Å². The van der Waals surface area contributed by atoms with Gasteiger partial charge in [0.25, 0.3) is 5.91 Å². The molecule has 0 saturated carbocycles. The van der Waals surface area contributed by atoms with Gasteiger partial charge in [-0.3, -0.25) is 14.4 Å².